The minimum absolute atomic E-state index is 0.194. The maximum absolute atomic E-state index is 12.9. The van der Waals surface area contributed by atoms with E-state index in [4.69, 9.17) is 0 Å². The molecular formula is C13H10BrFN2O. The van der Waals surface area contributed by atoms with E-state index in [1.165, 1.54) is 6.20 Å². The van der Waals surface area contributed by atoms with Crippen LogP contribution in [0.4, 0.5) is 10.1 Å². The van der Waals surface area contributed by atoms with Crippen LogP contribution in [-0.4, -0.2) is 10.9 Å². The zero-order valence-electron chi connectivity index (χ0n) is 9.36. The van der Waals surface area contributed by atoms with Crippen molar-refractivity contribution in [2.24, 2.45) is 0 Å². The molecule has 18 heavy (non-hydrogen) atoms. The van der Waals surface area contributed by atoms with Crippen LogP contribution in [0.3, 0.4) is 0 Å². The number of benzene rings is 1. The van der Waals surface area contributed by atoms with E-state index in [0.717, 1.165) is 23.2 Å². The van der Waals surface area contributed by atoms with E-state index in [0.29, 0.717) is 5.69 Å². The first kappa shape index (κ1) is 12.7. The van der Waals surface area contributed by atoms with Gasteiger partial charge in [0.1, 0.15) is 5.82 Å². The monoisotopic (exact) mass is 308 g/mol. The highest BCUT2D eigenvalue weighted by molar-refractivity contribution is 9.08. The van der Waals surface area contributed by atoms with Crippen molar-refractivity contribution in [3.8, 4) is 0 Å². The number of rotatable bonds is 3. The number of amides is 1. The van der Waals surface area contributed by atoms with Gasteiger partial charge in [0.05, 0.1) is 11.8 Å². The second kappa shape index (κ2) is 5.73. The maximum atomic E-state index is 12.9. The normalized spacial score (nSPS) is 10.1. The lowest BCUT2D eigenvalue weighted by Crippen LogP contribution is -2.12. The molecule has 92 valence electrons. The molecular weight excluding hydrogens is 299 g/mol. The van der Waals surface area contributed by atoms with E-state index < -0.39 is 5.82 Å². The maximum Gasteiger partial charge on any atom is 0.257 e. The molecule has 0 saturated heterocycles. The highest BCUT2D eigenvalue weighted by Crippen LogP contribution is 2.13. The average molecular weight is 309 g/mol. The molecule has 1 amide bonds. The van der Waals surface area contributed by atoms with Crippen molar-refractivity contribution in [2.75, 3.05) is 5.32 Å². The Morgan fingerprint density at radius 3 is 2.61 bits per heavy atom. The van der Waals surface area contributed by atoms with Crippen LogP contribution >= 0.6 is 15.9 Å². The SMILES string of the molecule is O=C(Nc1ccc(CBr)cc1)c1cncc(F)c1. The second-order valence-corrected chi connectivity index (χ2v) is 4.24. The number of hydrogen-bond acceptors (Lipinski definition) is 2. The number of carbonyl (C=O) groups excluding carboxylic acids is 1. The average Bonchev–Trinajstić information content (AvgIpc) is 2.39. The molecule has 1 aromatic carbocycles. The number of nitrogens with one attached hydrogen (secondary N) is 1. The van der Waals surface area contributed by atoms with Crippen molar-refractivity contribution in [1.29, 1.82) is 0 Å². The summed E-state index contributed by atoms with van der Waals surface area (Å²) >= 11 is 3.34. The van der Waals surface area contributed by atoms with E-state index >= 15 is 0 Å². The molecule has 0 radical (unpaired) electrons. The molecule has 0 aliphatic heterocycles. The van der Waals surface area contributed by atoms with Gasteiger partial charge in [0.15, 0.2) is 0 Å². The van der Waals surface area contributed by atoms with Crippen LogP contribution in [0.25, 0.3) is 0 Å². The molecule has 5 heteroatoms. The van der Waals surface area contributed by atoms with Crippen molar-refractivity contribution in [3.05, 3.63) is 59.7 Å². The first-order valence-electron chi connectivity index (χ1n) is 5.26. The van der Waals surface area contributed by atoms with E-state index in [1.54, 1.807) is 12.1 Å². The molecule has 0 aliphatic rings. The van der Waals surface area contributed by atoms with Crippen molar-refractivity contribution in [3.63, 3.8) is 0 Å². The van der Waals surface area contributed by atoms with Gasteiger partial charge in [-0.05, 0) is 23.8 Å². The Balaban J connectivity index is 2.11. The van der Waals surface area contributed by atoms with Gasteiger partial charge in [-0.15, -0.1) is 0 Å². The smallest absolute Gasteiger partial charge is 0.257 e. The Hall–Kier alpha value is -1.75. The Morgan fingerprint density at radius 1 is 1.28 bits per heavy atom. The number of pyridine rings is 1. The van der Waals surface area contributed by atoms with Gasteiger partial charge in [0, 0.05) is 17.2 Å². The number of nitrogens with zero attached hydrogens (tertiary/aromatic N) is 1. The van der Waals surface area contributed by atoms with Gasteiger partial charge in [-0.2, -0.15) is 0 Å². The van der Waals surface area contributed by atoms with Gasteiger partial charge >= 0.3 is 0 Å². The Kier molecular flexibility index (Phi) is 4.04. The van der Waals surface area contributed by atoms with Crippen molar-refractivity contribution in [1.82, 2.24) is 4.98 Å². The van der Waals surface area contributed by atoms with Gasteiger partial charge < -0.3 is 5.32 Å². The zero-order chi connectivity index (χ0) is 13.0. The minimum atomic E-state index is -0.530. The van der Waals surface area contributed by atoms with Crippen molar-refractivity contribution in [2.45, 2.75) is 5.33 Å². The van der Waals surface area contributed by atoms with Crippen molar-refractivity contribution >= 4 is 27.5 Å². The van der Waals surface area contributed by atoms with Crippen LogP contribution < -0.4 is 5.32 Å². The molecule has 0 aliphatic carbocycles. The van der Waals surface area contributed by atoms with Gasteiger partial charge in [-0.25, -0.2) is 4.39 Å². The number of aromatic nitrogens is 1. The van der Waals surface area contributed by atoms with E-state index in [2.05, 4.69) is 26.2 Å². The van der Waals surface area contributed by atoms with Gasteiger partial charge in [-0.1, -0.05) is 28.1 Å². The summed E-state index contributed by atoms with van der Waals surface area (Å²) in [5.74, 6) is -0.911. The number of alkyl halides is 1. The topological polar surface area (TPSA) is 42.0 Å². The molecule has 2 rings (SSSR count). The summed E-state index contributed by atoms with van der Waals surface area (Å²) in [4.78, 5) is 15.4. The molecule has 3 nitrogen and oxygen atoms in total. The lowest BCUT2D eigenvalue weighted by Gasteiger charge is -2.05. The zero-order valence-corrected chi connectivity index (χ0v) is 10.9. The number of anilines is 1. The fourth-order valence-electron chi connectivity index (χ4n) is 1.42. The van der Waals surface area contributed by atoms with Crippen LogP contribution in [0.5, 0.6) is 0 Å². The predicted octanol–water partition coefficient (Wildman–Crippen LogP) is 3.37. The number of hydrogen-bond donors (Lipinski definition) is 1. The lowest BCUT2D eigenvalue weighted by atomic mass is 10.2. The summed E-state index contributed by atoms with van der Waals surface area (Å²) < 4.78 is 12.9. The predicted molar refractivity (Wildman–Crippen MR) is 71.2 cm³/mol. The standard InChI is InChI=1S/C13H10BrFN2O/c14-6-9-1-3-12(4-2-9)17-13(18)10-5-11(15)8-16-7-10/h1-5,7-8H,6H2,(H,17,18). The third-order valence-electron chi connectivity index (χ3n) is 2.33. The summed E-state index contributed by atoms with van der Waals surface area (Å²) in [5, 5.41) is 3.43. The Morgan fingerprint density at radius 2 is 2.00 bits per heavy atom. The van der Waals surface area contributed by atoms with E-state index in [9.17, 15) is 9.18 Å². The lowest BCUT2D eigenvalue weighted by molar-refractivity contribution is 0.102. The Bertz CT molecular complexity index is 557. The molecule has 1 N–H and O–H groups in total. The number of carbonyl (C=O) groups is 1. The fourth-order valence-corrected chi connectivity index (χ4v) is 1.79. The summed E-state index contributed by atoms with van der Waals surface area (Å²) in [5.41, 5.74) is 1.97. The van der Waals surface area contributed by atoms with Crippen LogP contribution in [0, 0.1) is 5.82 Å². The number of halogens is 2. The fraction of sp³-hybridized carbons (Fsp3) is 0.0769. The van der Waals surface area contributed by atoms with Gasteiger partial charge in [0.2, 0.25) is 0 Å². The highest BCUT2D eigenvalue weighted by Gasteiger charge is 2.07. The summed E-state index contributed by atoms with van der Waals surface area (Å²) in [6.07, 6.45) is 2.38. The molecule has 0 spiro atoms. The molecule has 0 saturated carbocycles. The van der Waals surface area contributed by atoms with E-state index in [1.807, 2.05) is 12.1 Å². The molecule has 0 atom stereocenters. The van der Waals surface area contributed by atoms with E-state index in [-0.39, 0.29) is 11.5 Å². The van der Waals surface area contributed by atoms with Crippen molar-refractivity contribution < 1.29 is 9.18 Å². The van der Waals surface area contributed by atoms with Crippen LogP contribution in [0.1, 0.15) is 15.9 Å². The molecule has 0 bridgehead atoms. The molecule has 1 aromatic heterocycles. The van der Waals surface area contributed by atoms with Crippen LogP contribution in [0.15, 0.2) is 42.7 Å². The third kappa shape index (κ3) is 3.13. The largest absolute Gasteiger partial charge is 0.322 e. The summed E-state index contributed by atoms with van der Waals surface area (Å²) in [7, 11) is 0. The van der Waals surface area contributed by atoms with Gasteiger partial charge in [-0.3, -0.25) is 9.78 Å². The second-order valence-electron chi connectivity index (χ2n) is 3.68. The van der Waals surface area contributed by atoms with Crippen LogP contribution in [-0.2, 0) is 5.33 Å². The summed E-state index contributed by atoms with van der Waals surface area (Å²) in [6, 6.07) is 8.53. The third-order valence-corrected chi connectivity index (χ3v) is 2.98. The molecule has 2 aromatic rings. The van der Waals surface area contributed by atoms with Gasteiger partial charge in [0.25, 0.3) is 5.91 Å². The Labute approximate surface area is 112 Å². The minimum Gasteiger partial charge on any atom is -0.322 e. The van der Waals surface area contributed by atoms with Crippen LogP contribution in [0.2, 0.25) is 0 Å². The summed E-state index contributed by atoms with van der Waals surface area (Å²) in [6.45, 7) is 0. The first-order chi connectivity index (χ1) is 8.69. The first-order valence-corrected chi connectivity index (χ1v) is 6.38. The molecule has 1 heterocycles. The molecule has 0 unspecified atom stereocenters. The quantitative estimate of drug-likeness (QED) is 0.883. The molecule has 0 fully saturated rings. The highest BCUT2D eigenvalue weighted by atomic mass is 79.9.